The minimum absolute atomic E-state index is 0. The number of halogens is 3. The van der Waals surface area contributed by atoms with Gasteiger partial charge in [0.1, 0.15) is 5.75 Å². The van der Waals surface area contributed by atoms with Gasteiger partial charge in [0.05, 0.1) is 11.6 Å². The van der Waals surface area contributed by atoms with Gasteiger partial charge in [0.2, 0.25) is 0 Å². The van der Waals surface area contributed by atoms with Crippen molar-refractivity contribution in [3.63, 3.8) is 0 Å². The van der Waals surface area contributed by atoms with Crippen molar-refractivity contribution in [1.29, 1.82) is 0 Å². The van der Waals surface area contributed by atoms with Crippen molar-refractivity contribution in [2.75, 3.05) is 7.11 Å². The molecule has 0 aliphatic heterocycles. The molecule has 1 aromatic rings. The molecule has 0 radical (unpaired) electrons. The quantitative estimate of drug-likeness (QED) is 0.867. The van der Waals surface area contributed by atoms with Crippen molar-refractivity contribution in [2.45, 2.75) is 25.4 Å². The molecule has 2 rings (SSSR count). The second-order valence-corrected chi connectivity index (χ2v) is 5.51. The number of ether oxygens (including phenoxy) is 1. The molecule has 0 spiro atoms. The summed E-state index contributed by atoms with van der Waals surface area (Å²) < 4.78 is 7.44. The summed E-state index contributed by atoms with van der Waals surface area (Å²) in [5, 5.41) is 3.48. The molecule has 90 valence electrons. The first kappa shape index (κ1) is 14.3. The highest BCUT2D eigenvalue weighted by Gasteiger charge is 2.21. The molecule has 16 heavy (non-hydrogen) atoms. The van der Waals surface area contributed by atoms with Gasteiger partial charge in [-0.1, -0.05) is 15.9 Å². The van der Waals surface area contributed by atoms with Crippen LogP contribution in [0.4, 0.5) is 0 Å². The smallest absolute Gasteiger partial charge is 0.137 e. The van der Waals surface area contributed by atoms with Crippen LogP contribution in [-0.2, 0) is 6.54 Å². The van der Waals surface area contributed by atoms with E-state index in [0.29, 0.717) is 6.04 Å². The van der Waals surface area contributed by atoms with Crippen molar-refractivity contribution in [2.24, 2.45) is 0 Å². The molecule has 1 aliphatic rings. The minimum Gasteiger partial charge on any atom is -0.495 e. The van der Waals surface area contributed by atoms with E-state index in [1.54, 1.807) is 7.11 Å². The summed E-state index contributed by atoms with van der Waals surface area (Å²) in [5.74, 6) is 0.923. The van der Waals surface area contributed by atoms with E-state index in [-0.39, 0.29) is 12.4 Å². The molecule has 1 aliphatic carbocycles. The maximum Gasteiger partial charge on any atom is 0.137 e. The summed E-state index contributed by atoms with van der Waals surface area (Å²) in [6.45, 7) is 0.867. The third-order valence-electron chi connectivity index (χ3n) is 2.45. The Bertz CT molecular complexity index is 369. The predicted molar refractivity (Wildman–Crippen MR) is 75.5 cm³/mol. The van der Waals surface area contributed by atoms with Gasteiger partial charge in [0.25, 0.3) is 0 Å². The molecular formula is C11H14Br2ClNO. The van der Waals surface area contributed by atoms with Crippen molar-refractivity contribution >= 4 is 44.3 Å². The number of nitrogens with one attached hydrogen (secondary N) is 1. The number of rotatable bonds is 4. The highest BCUT2D eigenvalue weighted by Crippen LogP contribution is 2.33. The second-order valence-electron chi connectivity index (χ2n) is 3.74. The zero-order valence-corrected chi connectivity index (χ0v) is 12.9. The Morgan fingerprint density at radius 1 is 1.38 bits per heavy atom. The van der Waals surface area contributed by atoms with E-state index in [9.17, 15) is 0 Å². The van der Waals surface area contributed by atoms with Gasteiger partial charge in [-0.3, -0.25) is 0 Å². The summed E-state index contributed by atoms with van der Waals surface area (Å²) >= 11 is 6.98. The largest absolute Gasteiger partial charge is 0.495 e. The second kappa shape index (κ2) is 6.24. The maximum absolute atomic E-state index is 5.38. The van der Waals surface area contributed by atoms with Gasteiger partial charge >= 0.3 is 0 Å². The molecule has 0 heterocycles. The van der Waals surface area contributed by atoms with Crippen LogP contribution in [0.1, 0.15) is 18.4 Å². The van der Waals surface area contributed by atoms with E-state index < -0.39 is 0 Å². The summed E-state index contributed by atoms with van der Waals surface area (Å²) in [6, 6.07) is 4.81. The molecule has 0 saturated heterocycles. The molecular weight excluding hydrogens is 357 g/mol. The average Bonchev–Trinajstić information content (AvgIpc) is 2.97. The maximum atomic E-state index is 5.38. The monoisotopic (exact) mass is 369 g/mol. The third kappa shape index (κ3) is 3.62. The van der Waals surface area contributed by atoms with Crippen molar-refractivity contribution < 1.29 is 4.74 Å². The minimum atomic E-state index is 0. The fourth-order valence-electron chi connectivity index (χ4n) is 1.52. The number of methoxy groups -OCH3 is 1. The van der Waals surface area contributed by atoms with Crippen LogP contribution in [-0.4, -0.2) is 13.2 Å². The lowest BCUT2D eigenvalue weighted by Crippen LogP contribution is -2.16. The predicted octanol–water partition coefficient (Wildman–Crippen LogP) is 3.89. The Kier molecular flexibility index (Phi) is 5.57. The lowest BCUT2D eigenvalue weighted by molar-refractivity contribution is 0.405. The van der Waals surface area contributed by atoms with Gasteiger partial charge < -0.3 is 10.1 Å². The molecule has 0 amide bonds. The molecule has 2 nitrogen and oxygen atoms in total. The first-order valence-electron chi connectivity index (χ1n) is 4.96. The Morgan fingerprint density at radius 2 is 2.06 bits per heavy atom. The molecule has 1 aromatic carbocycles. The third-order valence-corrected chi connectivity index (χ3v) is 3.49. The summed E-state index contributed by atoms with van der Waals surface area (Å²) in [4.78, 5) is 0. The lowest BCUT2D eigenvalue weighted by atomic mass is 10.2. The van der Waals surface area contributed by atoms with Gasteiger partial charge in [0, 0.05) is 22.6 Å². The van der Waals surface area contributed by atoms with Crippen molar-refractivity contribution in [1.82, 2.24) is 5.32 Å². The van der Waals surface area contributed by atoms with Gasteiger partial charge in [-0.25, -0.2) is 0 Å². The molecule has 0 unspecified atom stereocenters. The van der Waals surface area contributed by atoms with E-state index >= 15 is 0 Å². The average molecular weight is 372 g/mol. The Hall–Kier alpha value is 0.230. The zero-order chi connectivity index (χ0) is 10.8. The van der Waals surface area contributed by atoms with Crippen LogP contribution in [0.5, 0.6) is 5.75 Å². The Balaban J connectivity index is 0.00000128. The SMILES string of the molecule is COc1c(Br)cc(Br)cc1CNC1CC1.Cl. The molecule has 0 bridgehead atoms. The zero-order valence-electron chi connectivity index (χ0n) is 8.93. The molecule has 0 aromatic heterocycles. The standard InChI is InChI=1S/C11H13Br2NO.ClH/c1-15-11-7(6-14-9-2-3-9)4-8(12)5-10(11)13;/h4-5,9,14H,2-3,6H2,1H3;1H. The van der Waals surface area contributed by atoms with E-state index in [4.69, 9.17) is 4.74 Å². The number of hydrogen-bond acceptors (Lipinski definition) is 2. The van der Waals surface area contributed by atoms with Crippen LogP contribution in [0.15, 0.2) is 21.1 Å². The van der Waals surface area contributed by atoms with E-state index in [1.807, 2.05) is 6.07 Å². The number of benzene rings is 1. The Labute approximate surface area is 119 Å². The fraction of sp³-hybridized carbons (Fsp3) is 0.455. The van der Waals surface area contributed by atoms with Crippen molar-refractivity contribution in [3.8, 4) is 5.75 Å². The van der Waals surface area contributed by atoms with Gasteiger partial charge in [-0.05, 0) is 40.9 Å². The molecule has 1 saturated carbocycles. The van der Waals surface area contributed by atoms with Crippen LogP contribution in [0.25, 0.3) is 0 Å². The molecule has 1 fully saturated rings. The van der Waals surface area contributed by atoms with Gasteiger partial charge in [-0.15, -0.1) is 12.4 Å². The molecule has 1 N–H and O–H groups in total. The highest BCUT2D eigenvalue weighted by molar-refractivity contribution is 9.11. The lowest BCUT2D eigenvalue weighted by Gasteiger charge is -2.11. The first-order valence-corrected chi connectivity index (χ1v) is 6.54. The van der Waals surface area contributed by atoms with Gasteiger partial charge in [0.15, 0.2) is 0 Å². The Morgan fingerprint density at radius 3 is 2.62 bits per heavy atom. The summed E-state index contributed by atoms with van der Waals surface area (Å²) in [6.07, 6.45) is 2.61. The fourth-order valence-corrected chi connectivity index (χ4v) is 2.99. The normalized spacial score (nSPS) is 14.4. The van der Waals surface area contributed by atoms with Crippen LogP contribution in [0.2, 0.25) is 0 Å². The number of hydrogen-bond donors (Lipinski definition) is 1. The van der Waals surface area contributed by atoms with Gasteiger partial charge in [-0.2, -0.15) is 0 Å². The van der Waals surface area contributed by atoms with Crippen LogP contribution in [0, 0.1) is 0 Å². The highest BCUT2D eigenvalue weighted by atomic mass is 79.9. The molecule has 5 heteroatoms. The van der Waals surface area contributed by atoms with E-state index in [2.05, 4.69) is 43.2 Å². The van der Waals surface area contributed by atoms with E-state index in [0.717, 1.165) is 21.2 Å². The topological polar surface area (TPSA) is 21.3 Å². The summed E-state index contributed by atoms with van der Waals surface area (Å²) in [5.41, 5.74) is 1.19. The van der Waals surface area contributed by atoms with Crippen LogP contribution < -0.4 is 10.1 Å². The van der Waals surface area contributed by atoms with E-state index in [1.165, 1.54) is 18.4 Å². The van der Waals surface area contributed by atoms with Crippen LogP contribution in [0.3, 0.4) is 0 Å². The van der Waals surface area contributed by atoms with Crippen LogP contribution >= 0.6 is 44.3 Å². The molecule has 0 atom stereocenters. The van der Waals surface area contributed by atoms with Crippen molar-refractivity contribution in [3.05, 3.63) is 26.6 Å². The summed E-state index contributed by atoms with van der Waals surface area (Å²) in [7, 11) is 1.70. The first-order chi connectivity index (χ1) is 7.20.